The normalized spacial score (nSPS) is 32.3. The summed E-state index contributed by atoms with van der Waals surface area (Å²) in [6.45, 7) is 0. The van der Waals surface area contributed by atoms with Gasteiger partial charge in [0.05, 0.1) is 4.91 Å². The second-order valence-corrected chi connectivity index (χ2v) is 11.7. The number of amides is 1. The molecule has 5 fully saturated rings. The molecule has 1 heterocycles. The molecule has 4 aliphatic carbocycles. The van der Waals surface area contributed by atoms with Crippen LogP contribution >= 0.6 is 24.0 Å². The molecule has 1 aliphatic heterocycles. The van der Waals surface area contributed by atoms with Crippen molar-refractivity contribution in [2.45, 2.75) is 38.5 Å². The molecule has 6 heteroatoms. The number of nitrogens with one attached hydrogen (secondary N) is 1. The van der Waals surface area contributed by atoms with Crippen LogP contribution in [0.2, 0.25) is 0 Å². The number of carbonyl (C=O) groups excluding carboxylic acids is 1. The van der Waals surface area contributed by atoms with Crippen molar-refractivity contribution in [1.82, 2.24) is 5.32 Å². The Hall–Kier alpha value is -2.18. The fraction of sp³-hybridized carbons (Fsp3) is 0.385. The van der Waals surface area contributed by atoms with Crippen LogP contribution < -0.4 is 5.32 Å². The van der Waals surface area contributed by atoms with Gasteiger partial charge in [0.1, 0.15) is 4.32 Å². The van der Waals surface area contributed by atoms with Gasteiger partial charge in [-0.25, -0.2) is 4.39 Å². The monoisotopic (exact) mass is 465 g/mol. The van der Waals surface area contributed by atoms with E-state index < -0.39 is 5.82 Å². The van der Waals surface area contributed by atoms with Crippen LogP contribution in [0.5, 0.6) is 5.75 Å². The number of rotatable bonds is 3. The summed E-state index contributed by atoms with van der Waals surface area (Å²) >= 11 is 6.73. The van der Waals surface area contributed by atoms with Gasteiger partial charge in [0.2, 0.25) is 0 Å². The summed E-state index contributed by atoms with van der Waals surface area (Å²) in [5, 5.41) is 12.4. The molecule has 2 aromatic rings. The van der Waals surface area contributed by atoms with Gasteiger partial charge in [0, 0.05) is 0 Å². The van der Waals surface area contributed by atoms with Crippen LogP contribution in [0.3, 0.4) is 0 Å². The van der Waals surface area contributed by atoms with Crippen molar-refractivity contribution in [3.8, 4) is 16.9 Å². The Morgan fingerprint density at radius 3 is 2.28 bits per heavy atom. The summed E-state index contributed by atoms with van der Waals surface area (Å²) in [7, 11) is 0. The summed E-state index contributed by atoms with van der Waals surface area (Å²) < 4.78 is 14.6. The minimum absolute atomic E-state index is 0.00715. The maximum Gasteiger partial charge on any atom is 0.263 e. The van der Waals surface area contributed by atoms with Crippen LogP contribution in [-0.4, -0.2) is 15.3 Å². The van der Waals surface area contributed by atoms with Gasteiger partial charge in [-0.05, 0) is 102 Å². The Bertz CT molecular complexity index is 1150. The number of halogens is 1. The second kappa shape index (κ2) is 7.42. The number of phenolic OH excluding ortho intramolecular Hbond substituents is 1. The molecule has 0 aromatic heterocycles. The van der Waals surface area contributed by atoms with Crippen molar-refractivity contribution < 1.29 is 14.3 Å². The van der Waals surface area contributed by atoms with Gasteiger partial charge in [-0.1, -0.05) is 48.2 Å². The topological polar surface area (TPSA) is 49.3 Å². The summed E-state index contributed by atoms with van der Waals surface area (Å²) in [5.41, 5.74) is 3.75. The molecule has 3 nitrogen and oxygen atoms in total. The zero-order valence-electron chi connectivity index (χ0n) is 17.6. The average molecular weight is 466 g/mol. The van der Waals surface area contributed by atoms with E-state index in [0.29, 0.717) is 9.88 Å². The molecule has 4 saturated carbocycles. The SMILES string of the molecule is O=C1NC(=S)SC1=C(c1cccc(-c2ccc(O)c(F)c2)c1)C12CC3CC(CC(C3)C1)C2. The third-order valence-corrected chi connectivity index (χ3v) is 9.08. The molecule has 0 spiro atoms. The van der Waals surface area contributed by atoms with Crippen LogP contribution in [0.4, 0.5) is 4.39 Å². The molecular weight excluding hydrogens is 441 g/mol. The zero-order chi connectivity index (χ0) is 22.0. The number of thiocarbonyl (C=S) groups is 1. The minimum atomic E-state index is -0.636. The van der Waals surface area contributed by atoms with Gasteiger partial charge in [0.25, 0.3) is 5.91 Å². The van der Waals surface area contributed by atoms with E-state index in [1.807, 2.05) is 12.1 Å². The van der Waals surface area contributed by atoms with Gasteiger partial charge in [0.15, 0.2) is 11.6 Å². The predicted molar refractivity (Wildman–Crippen MR) is 129 cm³/mol. The largest absolute Gasteiger partial charge is 0.505 e. The second-order valence-electron chi connectivity index (χ2n) is 9.99. The number of carbonyl (C=O) groups is 1. The first-order chi connectivity index (χ1) is 15.4. The third kappa shape index (κ3) is 3.30. The van der Waals surface area contributed by atoms with Gasteiger partial charge in [-0.15, -0.1) is 0 Å². The highest BCUT2D eigenvalue weighted by atomic mass is 32.2. The van der Waals surface area contributed by atoms with Gasteiger partial charge in [-0.2, -0.15) is 0 Å². The lowest BCUT2D eigenvalue weighted by Gasteiger charge is -2.58. The Labute approximate surface area is 196 Å². The van der Waals surface area contributed by atoms with E-state index in [9.17, 15) is 14.3 Å². The number of hydrogen-bond acceptors (Lipinski definition) is 4. The van der Waals surface area contributed by atoms with E-state index in [4.69, 9.17) is 12.2 Å². The molecule has 0 radical (unpaired) electrons. The molecule has 1 saturated heterocycles. The van der Waals surface area contributed by atoms with Crippen molar-refractivity contribution in [1.29, 1.82) is 0 Å². The highest BCUT2D eigenvalue weighted by molar-refractivity contribution is 8.26. The highest BCUT2D eigenvalue weighted by Gasteiger charge is 2.54. The van der Waals surface area contributed by atoms with Crippen LogP contribution in [0.25, 0.3) is 16.7 Å². The first-order valence-corrected chi connectivity index (χ1v) is 12.5. The van der Waals surface area contributed by atoms with Crippen LogP contribution in [0.1, 0.15) is 44.1 Å². The average Bonchev–Trinajstić information content (AvgIpc) is 3.06. The zero-order valence-corrected chi connectivity index (χ0v) is 19.2. The maximum absolute atomic E-state index is 14.0. The fourth-order valence-electron chi connectivity index (χ4n) is 7.11. The number of aromatic hydroxyl groups is 1. The highest BCUT2D eigenvalue weighted by Crippen LogP contribution is 2.65. The molecular formula is C26H24FNO2S2. The summed E-state index contributed by atoms with van der Waals surface area (Å²) in [6, 6.07) is 12.5. The molecule has 5 aliphatic rings. The van der Waals surface area contributed by atoms with Crippen molar-refractivity contribution in [3.05, 3.63) is 58.8 Å². The van der Waals surface area contributed by atoms with Gasteiger partial charge < -0.3 is 10.4 Å². The van der Waals surface area contributed by atoms with Crippen LogP contribution in [0.15, 0.2) is 47.4 Å². The lowest BCUT2D eigenvalue weighted by atomic mass is 9.47. The smallest absolute Gasteiger partial charge is 0.263 e. The standard InChI is InChI=1S/C26H24FNO2S2/c27-20-10-18(4-5-21(20)29)17-2-1-3-19(9-17)22(23-24(30)28-25(31)32-23)26-11-14-6-15(12-26)8-16(7-14)13-26/h1-5,9-10,14-16,29H,6-8,11-13H2,(H,28,30,31). The van der Waals surface area contributed by atoms with E-state index in [1.165, 1.54) is 43.2 Å². The molecule has 32 heavy (non-hydrogen) atoms. The summed E-state index contributed by atoms with van der Waals surface area (Å²) in [4.78, 5) is 13.7. The number of allylic oxidation sites excluding steroid dienone is 1. The molecule has 164 valence electrons. The molecule has 7 rings (SSSR count). The minimum Gasteiger partial charge on any atom is -0.505 e. The van der Waals surface area contributed by atoms with Crippen molar-refractivity contribution in [2.75, 3.05) is 0 Å². The molecule has 1 amide bonds. The molecule has 2 N–H and O–H groups in total. The van der Waals surface area contributed by atoms with E-state index in [-0.39, 0.29) is 17.1 Å². The lowest BCUT2D eigenvalue weighted by Crippen LogP contribution is -2.47. The van der Waals surface area contributed by atoms with Crippen LogP contribution in [0, 0.1) is 29.0 Å². The van der Waals surface area contributed by atoms with Crippen molar-refractivity contribution in [3.63, 3.8) is 0 Å². The fourth-order valence-corrected chi connectivity index (χ4v) is 8.37. The molecule has 0 unspecified atom stereocenters. The third-order valence-electron chi connectivity index (χ3n) is 7.84. The summed E-state index contributed by atoms with van der Waals surface area (Å²) in [5.74, 6) is 1.15. The van der Waals surface area contributed by atoms with Crippen molar-refractivity contribution in [2.24, 2.45) is 23.2 Å². The number of phenols is 1. The molecule has 4 bridgehead atoms. The lowest BCUT2D eigenvalue weighted by molar-refractivity contribution is -0.115. The Kier molecular flexibility index (Phi) is 4.74. The van der Waals surface area contributed by atoms with E-state index in [0.717, 1.165) is 58.6 Å². The number of thioether (sulfide) groups is 1. The summed E-state index contributed by atoms with van der Waals surface area (Å²) in [6.07, 6.45) is 7.38. The van der Waals surface area contributed by atoms with Crippen LogP contribution in [-0.2, 0) is 4.79 Å². The first kappa shape index (κ1) is 20.4. The van der Waals surface area contributed by atoms with E-state index >= 15 is 0 Å². The predicted octanol–water partition coefficient (Wildman–Crippen LogP) is 6.27. The van der Waals surface area contributed by atoms with Gasteiger partial charge in [-0.3, -0.25) is 4.79 Å². The quantitative estimate of drug-likeness (QED) is 0.414. The maximum atomic E-state index is 14.0. The Morgan fingerprint density at radius 2 is 1.69 bits per heavy atom. The Morgan fingerprint density at radius 1 is 1.03 bits per heavy atom. The van der Waals surface area contributed by atoms with E-state index in [2.05, 4.69) is 17.4 Å². The first-order valence-electron chi connectivity index (χ1n) is 11.3. The molecule has 0 atom stereocenters. The van der Waals surface area contributed by atoms with E-state index in [1.54, 1.807) is 6.07 Å². The Balaban J connectivity index is 1.51. The number of hydrogen-bond donors (Lipinski definition) is 2. The molecule has 2 aromatic carbocycles. The number of benzene rings is 2. The van der Waals surface area contributed by atoms with Crippen molar-refractivity contribution >= 4 is 39.8 Å². The van der Waals surface area contributed by atoms with Gasteiger partial charge >= 0.3 is 0 Å².